The molecule has 0 saturated carbocycles. The van der Waals surface area contributed by atoms with Crippen molar-refractivity contribution in [1.29, 1.82) is 0 Å². The third-order valence-corrected chi connectivity index (χ3v) is 5.76. The van der Waals surface area contributed by atoms with Gasteiger partial charge in [-0.05, 0) is 31.3 Å². The highest BCUT2D eigenvalue weighted by molar-refractivity contribution is 6.04. The molecule has 0 bridgehead atoms. The second-order valence-corrected chi connectivity index (χ2v) is 8.02. The summed E-state index contributed by atoms with van der Waals surface area (Å²) in [7, 11) is 4.05. The van der Waals surface area contributed by atoms with Gasteiger partial charge in [-0.2, -0.15) is 0 Å². The molecule has 0 radical (unpaired) electrons. The fourth-order valence-corrected chi connectivity index (χ4v) is 3.83. The van der Waals surface area contributed by atoms with Gasteiger partial charge in [0, 0.05) is 62.1 Å². The summed E-state index contributed by atoms with van der Waals surface area (Å²) in [6, 6.07) is 7.42. The third-order valence-electron chi connectivity index (χ3n) is 5.76. The molecular formula is C23H24N8O. The number of pyridine rings is 3. The maximum atomic E-state index is 12.9. The number of rotatable bonds is 4. The Hall–Kier alpha value is -3.85. The molecule has 32 heavy (non-hydrogen) atoms. The molecule has 0 aromatic carbocycles. The molecule has 9 heteroatoms. The predicted molar refractivity (Wildman–Crippen MR) is 124 cm³/mol. The number of nitrogens with one attached hydrogen (secondary N) is 1. The lowest BCUT2D eigenvalue weighted by Crippen LogP contribution is -2.44. The molecular weight excluding hydrogens is 404 g/mol. The van der Waals surface area contributed by atoms with E-state index < -0.39 is 0 Å². The van der Waals surface area contributed by atoms with Crippen LogP contribution in [0.15, 0.2) is 55.4 Å². The second-order valence-electron chi connectivity index (χ2n) is 8.02. The molecule has 0 unspecified atom stereocenters. The summed E-state index contributed by atoms with van der Waals surface area (Å²) < 4.78 is 1.94. The van der Waals surface area contributed by atoms with Crippen LogP contribution in [0.4, 0.5) is 11.6 Å². The minimum Gasteiger partial charge on any atom is -0.354 e. The van der Waals surface area contributed by atoms with Crippen molar-refractivity contribution in [2.24, 2.45) is 7.05 Å². The van der Waals surface area contributed by atoms with Crippen LogP contribution < -0.4 is 10.2 Å². The first kappa shape index (κ1) is 20.1. The van der Waals surface area contributed by atoms with Gasteiger partial charge in [0.05, 0.1) is 29.9 Å². The normalized spacial score (nSPS) is 14.6. The SMILES string of the molecule is CN1CCN(c2cc(C(=O)Nc3cc4cc(-c5cncn5C)cnc4cn3)ccn2)CC1. The molecule has 9 nitrogen and oxygen atoms in total. The molecule has 1 amide bonds. The molecule has 5 heterocycles. The molecule has 5 rings (SSSR count). The maximum Gasteiger partial charge on any atom is 0.257 e. The van der Waals surface area contributed by atoms with E-state index in [1.54, 1.807) is 37.2 Å². The van der Waals surface area contributed by atoms with Gasteiger partial charge >= 0.3 is 0 Å². The van der Waals surface area contributed by atoms with Gasteiger partial charge in [0.25, 0.3) is 5.91 Å². The number of hydrogen-bond donors (Lipinski definition) is 1. The van der Waals surface area contributed by atoms with Crippen LogP contribution >= 0.6 is 0 Å². The van der Waals surface area contributed by atoms with Crippen molar-refractivity contribution in [2.45, 2.75) is 0 Å². The van der Waals surface area contributed by atoms with Crippen LogP contribution in [0.3, 0.4) is 0 Å². The quantitative estimate of drug-likeness (QED) is 0.534. The molecule has 1 aliphatic rings. The van der Waals surface area contributed by atoms with Crippen molar-refractivity contribution in [1.82, 2.24) is 29.4 Å². The van der Waals surface area contributed by atoms with E-state index in [0.29, 0.717) is 11.4 Å². The summed E-state index contributed by atoms with van der Waals surface area (Å²) in [4.78, 5) is 34.9. The fourth-order valence-electron chi connectivity index (χ4n) is 3.83. The summed E-state index contributed by atoms with van der Waals surface area (Å²) in [5, 5.41) is 3.79. The minimum atomic E-state index is -0.217. The molecule has 4 aromatic rings. The van der Waals surface area contributed by atoms with E-state index in [-0.39, 0.29) is 5.91 Å². The lowest BCUT2D eigenvalue weighted by molar-refractivity contribution is 0.102. The lowest BCUT2D eigenvalue weighted by atomic mass is 10.1. The number of imidazole rings is 1. The Morgan fingerprint density at radius 2 is 1.81 bits per heavy atom. The van der Waals surface area contributed by atoms with Crippen LogP contribution in [-0.4, -0.2) is 68.5 Å². The van der Waals surface area contributed by atoms with Crippen molar-refractivity contribution < 1.29 is 4.79 Å². The van der Waals surface area contributed by atoms with E-state index in [9.17, 15) is 4.79 Å². The van der Waals surface area contributed by atoms with Crippen LogP contribution in [0.25, 0.3) is 22.2 Å². The number of aromatic nitrogens is 5. The van der Waals surface area contributed by atoms with Gasteiger partial charge in [0.2, 0.25) is 0 Å². The standard InChI is InChI=1S/C23H24N8O/c1-29-5-7-31(8-6-29)22-11-16(3-4-25-22)23(32)28-21-10-17-9-18(12-26-19(17)13-27-21)20-14-24-15-30(20)2/h3-4,9-15H,5-8H2,1-2H3,(H,27,28,32). The molecule has 1 saturated heterocycles. The number of amides is 1. The Balaban J connectivity index is 1.36. The smallest absolute Gasteiger partial charge is 0.257 e. The first-order valence-electron chi connectivity index (χ1n) is 10.5. The van der Waals surface area contributed by atoms with Crippen molar-refractivity contribution >= 4 is 28.4 Å². The third kappa shape index (κ3) is 4.02. The summed E-state index contributed by atoms with van der Waals surface area (Å²) >= 11 is 0. The van der Waals surface area contributed by atoms with E-state index >= 15 is 0 Å². The zero-order valence-electron chi connectivity index (χ0n) is 18.1. The van der Waals surface area contributed by atoms with Crippen LogP contribution in [0.1, 0.15) is 10.4 Å². The summed E-state index contributed by atoms with van der Waals surface area (Å²) in [5.74, 6) is 1.08. The number of piperazine rings is 1. The Morgan fingerprint density at radius 3 is 2.59 bits per heavy atom. The summed E-state index contributed by atoms with van der Waals surface area (Å²) in [6.07, 6.45) is 8.70. The van der Waals surface area contributed by atoms with E-state index in [2.05, 4.69) is 42.1 Å². The summed E-state index contributed by atoms with van der Waals surface area (Å²) in [5.41, 5.74) is 3.23. The average Bonchev–Trinajstić information content (AvgIpc) is 3.25. The van der Waals surface area contributed by atoms with Crippen LogP contribution in [-0.2, 0) is 7.05 Å². The number of aryl methyl sites for hydroxylation is 1. The van der Waals surface area contributed by atoms with Crippen LogP contribution in [0.5, 0.6) is 0 Å². The predicted octanol–water partition coefficient (Wildman–Crippen LogP) is 2.43. The molecule has 0 aliphatic carbocycles. The number of carbonyl (C=O) groups excluding carboxylic acids is 1. The van der Waals surface area contributed by atoms with Gasteiger partial charge in [0.1, 0.15) is 11.6 Å². The molecule has 1 aliphatic heterocycles. The largest absolute Gasteiger partial charge is 0.354 e. The van der Waals surface area contributed by atoms with Gasteiger partial charge < -0.3 is 19.7 Å². The zero-order valence-corrected chi connectivity index (χ0v) is 18.1. The number of nitrogens with zero attached hydrogens (tertiary/aromatic N) is 7. The Bertz CT molecular complexity index is 1280. The van der Waals surface area contributed by atoms with Gasteiger partial charge in [0.15, 0.2) is 0 Å². The Labute approximate surface area is 185 Å². The number of carbonyl (C=O) groups is 1. The van der Waals surface area contributed by atoms with Crippen molar-refractivity contribution in [3.63, 3.8) is 0 Å². The highest BCUT2D eigenvalue weighted by Gasteiger charge is 2.17. The first-order valence-corrected chi connectivity index (χ1v) is 10.5. The highest BCUT2D eigenvalue weighted by atomic mass is 16.1. The molecule has 1 N–H and O–H groups in total. The van der Waals surface area contributed by atoms with Crippen molar-refractivity contribution in [3.05, 3.63) is 60.9 Å². The van der Waals surface area contributed by atoms with E-state index in [1.807, 2.05) is 29.8 Å². The fraction of sp³-hybridized carbons (Fsp3) is 0.261. The molecule has 1 fully saturated rings. The lowest BCUT2D eigenvalue weighted by Gasteiger charge is -2.33. The van der Waals surface area contributed by atoms with Gasteiger partial charge in [-0.25, -0.2) is 15.0 Å². The van der Waals surface area contributed by atoms with E-state index in [0.717, 1.165) is 54.2 Å². The van der Waals surface area contributed by atoms with Crippen LogP contribution in [0.2, 0.25) is 0 Å². The minimum absolute atomic E-state index is 0.217. The Kier molecular flexibility index (Phi) is 5.24. The molecule has 162 valence electrons. The second kappa shape index (κ2) is 8.35. The molecule has 0 spiro atoms. The first-order chi connectivity index (χ1) is 15.6. The Morgan fingerprint density at radius 1 is 0.969 bits per heavy atom. The maximum absolute atomic E-state index is 12.9. The number of anilines is 2. The summed E-state index contributed by atoms with van der Waals surface area (Å²) in [6.45, 7) is 3.75. The number of hydrogen-bond acceptors (Lipinski definition) is 7. The zero-order chi connectivity index (χ0) is 22.1. The average molecular weight is 429 g/mol. The van der Waals surface area contributed by atoms with Crippen molar-refractivity contribution in [3.8, 4) is 11.3 Å². The van der Waals surface area contributed by atoms with Crippen LogP contribution in [0, 0.1) is 0 Å². The monoisotopic (exact) mass is 428 g/mol. The molecule has 4 aromatic heterocycles. The van der Waals surface area contributed by atoms with Gasteiger partial charge in [-0.15, -0.1) is 0 Å². The van der Waals surface area contributed by atoms with E-state index in [4.69, 9.17) is 0 Å². The van der Waals surface area contributed by atoms with Crippen molar-refractivity contribution in [2.75, 3.05) is 43.4 Å². The van der Waals surface area contributed by atoms with Gasteiger partial charge in [-0.1, -0.05) is 0 Å². The number of fused-ring (bicyclic) bond motifs is 1. The van der Waals surface area contributed by atoms with Gasteiger partial charge in [-0.3, -0.25) is 9.78 Å². The number of likely N-dealkylation sites (N-methyl/N-ethyl adjacent to an activating group) is 1. The topological polar surface area (TPSA) is 92.1 Å². The van der Waals surface area contributed by atoms with E-state index in [1.165, 1.54) is 0 Å². The molecule has 0 atom stereocenters. The highest BCUT2D eigenvalue weighted by Crippen LogP contribution is 2.23.